The normalized spacial score (nSPS) is 11.6. The minimum atomic E-state index is 0.0279. The highest BCUT2D eigenvalue weighted by Crippen LogP contribution is 2.21. The van der Waals surface area contributed by atoms with Crippen molar-refractivity contribution in [3.8, 4) is 5.75 Å². The van der Waals surface area contributed by atoms with Crippen molar-refractivity contribution < 1.29 is 52.5 Å². The van der Waals surface area contributed by atoms with Crippen LogP contribution < -0.4 is 4.74 Å². The first kappa shape index (κ1) is 42.6. The van der Waals surface area contributed by atoms with Gasteiger partial charge in [-0.15, -0.1) is 0 Å². The Morgan fingerprint density at radius 2 is 0.826 bits per heavy atom. The molecule has 0 aliphatic rings. The summed E-state index contributed by atoms with van der Waals surface area (Å²) in [5, 5.41) is 8.59. The lowest BCUT2D eigenvalue weighted by Crippen LogP contribution is -2.15. The van der Waals surface area contributed by atoms with Crippen LogP contribution in [-0.2, 0) is 49.1 Å². The van der Waals surface area contributed by atoms with E-state index in [1.54, 1.807) is 0 Å². The van der Waals surface area contributed by atoms with Gasteiger partial charge in [0.15, 0.2) is 0 Å². The Balaban J connectivity index is 1.76. The molecule has 270 valence electrons. The van der Waals surface area contributed by atoms with E-state index in [2.05, 4.69) is 32.0 Å². The Bertz CT molecular complexity index is 738. The minimum absolute atomic E-state index is 0.0279. The van der Waals surface area contributed by atoms with Crippen LogP contribution in [0, 0.1) is 5.92 Å². The molecule has 1 N–H and O–H groups in total. The maximum absolute atomic E-state index is 8.59. The number of aliphatic hydroxyl groups is 1. The molecule has 0 saturated carbocycles. The van der Waals surface area contributed by atoms with Crippen LogP contribution in [-0.4, -0.2) is 137 Å². The number of para-hydroxylation sites is 1. The Morgan fingerprint density at radius 1 is 0.457 bits per heavy atom. The fourth-order valence-electron chi connectivity index (χ4n) is 4.21. The van der Waals surface area contributed by atoms with E-state index in [9.17, 15) is 0 Å². The molecular weight excluding hydrogens is 596 g/mol. The summed E-state index contributed by atoms with van der Waals surface area (Å²) in [5.41, 5.74) is 1.28. The molecule has 0 aliphatic carbocycles. The van der Waals surface area contributed by atoms with Crippen LogP contribution in [0.25, 0.3) is 0 Å². The minimum Gasteiger partial charge on any atom is -0.491 e. The predicted octanol–water partition coefficient (Wildman–Crippen LogP) is 4.36. The van der Waals surface area contributed by atoms with E-state index in [0.29, 0.717) is 126 Å². The third kappa shape index (κ3) is 30.0. The molecule has 0 bridgehead atoms. The van der Waals surface area contributed by atoms with E-state index in [0.717, 1.165) is 18.1 Å². The van der Waals surface area contributed by atoms with Crippen molar-refractivity contribution in [1.29, 1.82) is 0 Å². The van der Waals surface area contributed by atoms with Crippen molar-refractivity contribution in [2.45, 2.75) is 52.4 Å². The summed E-state index contributed by atoms with van der Waals surface area (Å²) in [5.74, 6) is 1.77. The standard InChI is InChI=1S/C35H64O11/c1-33(2)9-5-3-4-6-10-34-11-7-8-12-35(34)46-32-31-45-30-29-44-28-27-43-26-25-42-24-23-41-22-21-40-20-19-39-18-17-38-16-15-37-14-13-36/h7-8,11-12,33,36H,3-6,9-10,13-32H2,1-2H3. The Kier molecular flexibility index (Phi) is 32.4. The van der Waals surface area contributed by atoms with Crippen molar-refractivity contribution in [3.05, 3.63) is 29.8 Å². The largest absolute Gasteiger partial charge is 0.491 e. The summed E-state index contributed by atoms with van der Waals surface area (Å²) in [6, 6.07) is 8.33. The smallest absolute Gasteiger partial charge is 0.122 e. The second kappa shape index (κ2) is 34.9. The maximum atomic E-state index is 8.59. The summed E-state index contributed by atoms with van der Waals surface area (Å²) >= 11 is 0. The molecule has 11 heteroatoms. The molecule has 0 aromatic heterocycles. The molecule has 1 rings (SSSR count). The number of benzene rings is 1. The van der Waals surface area contributed by atoms with Gasteiger partial charge in [0.1, 0.15) is 12.4 Å². The number of unbranched alkanes of at least 4 members (excludes halogenated alkanes) is 3. The molecule has 0 heterocycles. The third-order valence-corrected chi connectivity index (χ3v) is 6.65. The van der Waals surface area contributed by atoms with Crippen molar-refractivity contribution in [2.24, 2.45) is 5.92 Å². The van der Waals surface area contributed by atoms with Gasteiger partial charge in [-0.25, -0.2) is 0 Å². The average molecular weight is 661 g/mol. The second-order valence-corrected chi connectivity index (χ2v) is 11.0. The summed E-state index contributed by atoms with van der Waals surface area (Å²) in [4.78, 5) is 0. The summed E-state index contributed by atoms with van der Waals surface area (Å²) in [6.45, 7) is 14.2. The van der Waals surface area contributed by atoms with Crippen LogP contribution in [0.5, 0.6) is 5.75 Å². The van der Waals surface area contributed by atoms with Gasteiger partial charge >= 0.3 is 0 Å². The van der Waals surface area contributed by atoms with Crippen LogP contribution in [0.4, 0.5) is 0 Å². The Hall–Kier alpha value is -1.38. The van der Waals surface area contributed by atoms with Crippen molar-refractivity contribution in [3.63, 3.8) is 0 Å². The number of rotatable bonds is 37. The van der Waals surface area contributed by atoms with Gasteiger partial charge in [0.05, 0.1) is 126 Å². The van der Waals surface area contributed by atoms with Gasteiger partial charge in [0, 0.05) is 0 Å². The molecular formula is C35H64O11. The molecule has 0 radical (unpaired) electrons. The summed E-state index contributed by atoms with van der Waals surface area (Å²) in [6.07, 6.45) is 7.52. The van der Waals surface area contributed by atoms with Crippen molar-refractivity contribution >= 4 is 0 Å². The monoisotopic (exact) mass is 660 g/mol. The van der Waals surface area contributed by atoms with Gasteiger partial charge in [0.25, 0.3) is 0 Å². The molecule has 0 saturated heterocycles. The predicted molar refractivity (Wildman–Crippen MR) is 178 cm³/mol. The molecule has 0 amide bonds. The van der Waals surface area contributed by atoms with E-state index >= 15 is 0 Å². The van der Waals surface area contributed by atoms with E-state index in [4.69, 9.17) is 52.5 Å². The molecule has 0 spiro atoms. The van der Waals surface area contributed by atoms with Crippen molar-refractivity contribution in [1.82, 2.24) is 0 Å². The van der Waals surface area contributed by atoms with Gasteiger partial charge in [-0.2, -0.15) is 0 Å². The van der Waals surface area contributed by atoms with Crippen LogP contribution in [0.3, 0.4) is 0 Å². The molecule has 0 atom stereocenters. The van der Waals surface area contributed by atoms with Crippen LogP contribution in [0.1, 0.15) is 51.5 Å². The average Bonchev–Trinajstić information content (AvgIpc) is 3.06. The zero-order chi connectivity index (χ0) is 33.0. The topological polar surface area (TPSA) is 113 Å². The molecule has 11 nitrogen and oxygen atoms in total. The van der Waals surface area contributed by atoms with Gasteiger partial charge in [-0.3, -0.25) is 0 Å². The van der Waals surface area contributed by atoms with E-state index in [-0.39, 0.29) is 6.61 Å². The SMILES string of the molecule is CC(C)CCCCCCc1ccccc1OCCOCCOCCOCCOCCOCCOCCOCCOCCOCCO. The summed E-state index contributed by atoms with van der Waals surface area (Å²) in [7, 11) is 0. The van der Waals surface area contributed by atoms with Crippen LogP contribution in [0.2, 0.25) is 0 Å². The van der Waals surface area contributed by atoms with E-state index in [1.165, 1.54) is 37.7 Å². The quantitative estimate of drug-likeness (QED) is 0.103. The van der Waals surface area contributed by atoms with E-state index < -0.39 is 0 Å². The fraction of sp³-hybridized carbons (Fsp3) is 0.829. The van der Waals surface area contributed by atoms with Gasteiger partial charge < -0.3 is 52.5 Å². The van der Waals surface area contributed by atoms with Gasteiger partial charge in [-0.1, -0.05) is 57.7 Å². The van der Waals surface area contributed by atoms with Gasteiger partial charge in [0.2, 0.25) is 0 Å². The molecule has 1 aromatic carbocycles. The zero-order valence-corrected chi connectivity index (χ0v) is 28.8. The lowest BCUT2D eigenvalue weighted by molar-refractivity contribution is -0.0258. The Morgan fingerprint density at radius 3 is 1.24 bits per heavy atom. The fourth-order valence-corrected chi connectivity index (χ4v) is 4.21. The number of hydrogen-bond acceptors (Lipinski definition) is 11. The van der Waals surface area contributed by atoms with Crippen molar-refractivity contribution in [2.75, 3.05) is 132 Å². The number of hydrogen-bond donors (Lipinski definition) is 1. The summed E-state index contributed by atoms with van der Waals surface area (Å²) < 4.78 is 55.0. The van der Waals surface area contributed by atoms with Crippen LogP contribution in [0.15, 0.2) is 24.3 Å². The first-order valence-electron chi connectivity index (χ1n) is 17.2. The number of aryl methyl sites for hydroxylation is 1. The second-order valence-electron chi connectivity index (χ2n) is 11.0. The number of aliphatic hydroxyl groups excluding tert-OH is 1. The first-order valence-corrected chi connectivity index (χ1v) is 17.2. The molecule has 46 heavy (non-hydrogen) atoms. The maximum Gasteiger partial charge on any atom is 0.122 e. The first-order chi connectivity index (χ1) is 22.7. The van der Waals surface area contributed by atoms with E-state index in [1.807, 2.05) is 6.07 Å². The highest BCUT2D eigenvalue weighted by atomic mass is 16.6. The van der Waals surface area contributed by atoms with Gasteiger partial charge in [-0.05, 0) is 30.4 Å². The highest BCUT2D eigenvalue weighted by Gasteiger charge is 2.04. The molecule has 0 aliphatic heterocycles. The molecule has 0 fully saturated rings. The highest BCUT2D eigenvalue weighted by molar-refractivity contribution is 5.33. The number of ether oxygens (including phenoxy) is 10. The Labute approximate surface area is 278 Å². The zero-order valence-electron chi connectivity index (χ0n) is 28.8. The third-order valence-electron chi connectivity index (χ3n) is 6.65. The molecule has 1 aromatic rings. The van der Waals surface area contributed by atoms with Crippen LogP contribution >= 0.6 is 0 Å². The lowest BCUT2D eigenvalue weighted by Gasteiger charge is -2.12. The lowest BCUT2D eigenvalue weighted by atomic mass is 10.0. The molecule has 0 unspecified atom stereocenters.